The molecule has 226 valence electrons. The van der Waals surface area contributed by atoms with Crippen molar-refractivity contribution in [3.63, 3.8) is 0 Å². The Morgan fingerprint density at radius 3 is 2.30 bits per heavy atom. The maximum atomic E-state index is 13.0. The van der Waals surface area contributed by atoms with Gasteiger partial charge in [-0.15, -0.1) is 10.2 Å². The van der Waals surface area contributed by atoms with Gasteiger partial charge < -0.3 is 23.7 Å². The second-order valence-corrected chi connectivity index (χ2v) is 11.5. The molecule has 5 rings (SSSR count). The van der Waals surface area contributed by atoms with Gasteiger partial charge in [0.1, 0.15) is 11.5 Å². The average Bonchev–Trinajstić information content (AvgIpc) is 3.71. The number of piperazine rings is 1. The van der Waals surface area contributed by atoms with E-state index < -0.39 is 0 Å². The van der Waals surface area contributed by atoms with Crippen LogP contribution in [0, 0.1) is 0 Å². The molecule has 1 saturated heterocycles. The zero-order valence-corrected chi connectivity index (χ0v) is 25.6. The molecule has 1 aliphatic heterocycles. The lowest BCUT2D eigenvalue weighted by Gasteiger charge is -2.40. The number of carbonyl (C=O) groups excluding carboxylic acids is 2. The summed E-state index contributed by atoms with van der Waals surface area (Å²) in [6.07, 6.45) is 4.08. The van der Waals surface area contributed by atoms with Gasteiger partial charge >= 0.3 is 0 Å². The van der Waals surface area contributed by atoms with Crippen molar-refractivity contribution >= 4 is 23.6 Å². The van der Waals surface area contributed by atoms with Crippen molar-refractivity contribution in [2.45, 2.75) is 43.8 Å². The summed E-state index contributed by atoms with van der Waals surface area (Å²) in [5.41, 5.74) is 1.86. The first-order valence-electron chi connectivity index (χ1n) is 14.4. The largest absolute Gasteiger partial charge is 0.497 e. The molecule has 10 nitrogen and oxygen atoms in total. The van der Waals surface area contributed by atoms with E-state index in [2.05, 4.69) is 10.2 Å². The molecule has 2 amide bonds. The van der Waals surface area contributed by atoms with Crippen LogP contribution in [0.3, 0.4) is 0 Å². The molecule has 2 aromatic heterocycles. The van der Waals surface area contributed by atoms with Crippen LogP contribution in [-0.2, 0) is 16.0 Å². The Balaban J connectivity index is 1.09. The highest BCUT2D eigenvalue weighted by Gasteiger charge is 2.29. The summed E-state index contributed by atoms with van der Waals surface area (Å²) >= 11 is 1.60. The number of ether oxygens (including phenoxy) is 2. The first-order chi connectivity index (χ1) is 21.0. The average molecular weight is 604 g/mol. The van der Waals surface area contributed by atoms with Crippen molar-refractivity contribution in [1.82, 2.24) is 24.6 Å². The van der Waals surface area contributed by atoms with Crippen molar-refractivity contribution in [3.05, 3.63) is 72.5 Å². The summed E-state index contributed by atoms with van der Waals surface area (Å²) in [7, 11) is 3.26. The van der Waals surface area contributed by atoms with E-state index in [0.717, 1.165) is 46.5 Å². The van der Waals surface area contributed by atoms with Crippen molar-refractivity contribution in [3.8, 4) is 28.8 Å². The van der Waals surface area contributed by atoms with Crippen LogP contribution in [0.5, 0.6) is 11.5 Å². The molecule has 43 heavy (non-hydrogen) atoms. The van der Waals surface area contributed by atoms with E-state index in [1.165, 1.54) is 0 Å². The molecule has 0 aliphatic carbocycles. The number of furan rings is 1. The monoisotopic (exact) mass is 603 g/mol. The van der Waals surface area contributed by atoms with Gasteiger partial charge in [-0.2, -0.15) is 0 Å². The number of nitrogens with zero attached hydrogens (tertiary/aromatic N) is 5. The smallest absolute Gasteiger partial charge is 0.227 e. The lowest BCUT2D eigenvalue weighted by atomic mass is 10.1. The normalized spacial score (nSPS) is 15.0. The number of carbonyl (C=O) groups is 2. The maximum absolute atomic E-state index is 13.0. The summed E-state index contributed by atoms with van der Waals surface area (Å²) in [6.45, 7) is 3.68. The minimum Gasteiger partial charge on any atom is -0.497 e. The standard InChI is InChI=1S/C32H37N5O5S/c1-23-22-35(17-18-36(23)30(39)21-24-9-13-26(40-2)14-10-24)29(38)8-4-5-20-43-32-34-33-31(28-7-6-19-42-28)37(32)25-11-15-27(41-3)16-12-25/h6-7,9-16,19,23H,4-5,8,17-18,20-22H2,1-3H3. The number of hydrogen-bond acceptors (Lipinski definition) is 8. The van der Waals surface area contributed by atoms with Gasteiger partial charge in [-0.05, 0) is 73.9 Å². The van der Waals surface area contributed by atoms with Gasteiger partial charge in [0, 0.05) is 37.8 Å². The molecule has 0 bridgehead atoms. The molecule has 0 spiro atoms. The van der Waals surface area contributed by atoms with Gasteiger partial charge in [-0.3, -0.25) is 14.2 Å². The zero-order valence-electron chi connectivity index (χ0n) is 24.8. The molecular formula is C32H37N5O5S. The van der Waals surface area contributed by atoms with Crippen LogP contribution in [0.4, 0.5) is 0 Å². The first kappa shape index (κ1) is 30.2. The Labute approximate surface area is 256 Å². The second-order valence-electron chi connectivity index (χ2n) is 10.4. The molecule has 4 aromatic rings. The Hall–Kier alpha value is -4.25. The number of hydrogen-bond donors (Lipinski definition) is 0. The highest BCUT2D eigenvalue weighted by atomic mass is 32.2. The number of amides is 2. The van der Waals surface area contributed by atoms with Gasteiger partial charge in [0.2, 0.25) is 17.6 Å². The first-order valence-corrected chi connectivity index (χ1v) is 15.4. The van der Waals surface area contributed by atoms with Crippen LogP contribution in [0.15, 0.2) is 76.5 Å². The van der Waals surface area contributed by atoms with E-state index in [1.54, 1.807) is 32.2 Å². The minimum absolute atomic E-state index is 0.0216. The fourth-order valence-corrected chi connectivity index (χ4v) is 6.12. The van der Waals surface area contributed by atoms with E-state index in [9.17, 15) is 9.59 Å². The molecule has 1 aliphatic rings. The van der Waals surface area contributed by atoms with E-state index in [4.69, 9.17) is 13.9 Å². The number of methoxy groups -OCH3 is 2. The highest BCUT2D eigenvalue weighted by Crippen LogP contribution is 2.29. The number of thioether (sulfide) groups is 1. The summed E-state index contributed by atoms with van der Waals surface area (Å²) in [6, 6.07) is 19.0. The molecule has 1 unspecified atom stereocenters. The lowest BCUT2D eigenvalue weighted by Crippen LogP contribution is -2.55. The van der Waals surface area contributed by atoms with Gasteiger partial charge in [0.25, 0.3) is 0 Å². The number of unbranched alkanes of at least 4 members (excludes halogenated alkanes) is 1. The van der Waals surface area contributed by atoms with Crippen LogP contribution in [0.25, 0.3) is 17.3 Å². The van der Waals surface area contributed by atoms with Crippen molar-refractivity contribution in [1.29, 1.82) is 0 Å². The molecule has 1 fully saturated rings. The molecule has 3 heterocycles. The summed E-state index contributed by atoms with van der Waals surface area (Å²) in [5, 5.41) is 9.58. The van der Waals surface area contributed by atoms with E-state index >= 15 is 0 Å². The number of aromatic nitrogens is 3. The third-order valence-corrected chi connectivity index (χ3v) is 8.55. The fraction of sp³-hybridized carbons (Fsp3) is 0.375. The van der Waals surface area contributed by atoms with Crippen LogP contribution in [0.1, 0.15) is 31.7 Å². The summed E-state index contributed by atoms with van der Waals surface area (Å²) in [5.74, 6) is 3.82. The lowest BCUT2D eigenvalue weighted by molar-refractivity contribution is -0.142. The van der Waals surface area contributed by atoms with Crippen LogP contribution >= 0.6 is 11.8 Å². The molecule has 0 N–H and O–H groups in total. The minimum atomic E-state index is -0.0216. The third-order valence-electron chi connectivity index (χ3n) is 7.54. The van der Waals surface area contributed by atoms with Crippen molar-refractivity contribution in [2.24, 2.45) is 0 Å². The summed E-state index contributed by atoms with van der Waals surface area (Å²) < 4.78 is 18.1. The molecular weight excluding hydrogens is 566 g/mol. The molecule has 1 atom stereocenters. The van der Waals surface area contributed by atoms with Crippen LogP contribution in [-0.4, -0.2) is 82.0 Å². The van der Waals surface area contributed by atoms with Gasteiger partial charge in [-0.25, -0.2) is 0 Å². The quantitative estimate of drug-likeness (QED) is 0.163. The highest BCUT2D eigenvalue weighted by molar-refractivity contribution is 7.99. The van der Waals surface area contributed by atoms with Gasteiger partial charge in [-0.1, -0.05) is 23.9 Å². The van der Waals surface area contributed by atoms with Crippen molar-refractivity contribution in [2.75, 3.05) is 39.6 Å². The topological polar surface area (TPSA) is 103 Å². The van der Waals surface area contributed by atoms with Crippen molar-refractivity contribution < 1.29 is 23.5 Å². The number of benzene rings is 2. The predicted octanol–water partition coefficient (Wildman–Crippen LogP) is 5.11. The molecule has 11 heteroatoms. The molecule has 0 saturated carbocycles. The van der Waals surface area contributed by atoms with E-state index in [0.29, 0.717) is 44.1 Å². The molecule has 0 radical (unpaired) electrons. The predicted molar refractivity (Wildman–Crippen MR) is 165 cm³/mol. The van der Waals surface area contributed by atoms with Crippen LogP contribution < -0.4 is 9.47 Å². The fourth-order valence-electron chi connectivity index (χ4n) is 5.17. The Morgan fingerprint density at radius 2 is 1.65 bits per heavy atom. The molecule has 2 aromatic carbocycles. The maximum Gasteiger partial charge on any atom is 0.227 e. The second kappa shape index (κ2) is 14.3. The summed E-state index contributed by atoms with van der Waals surface area (Å²) in [4.78, 5) is 29.7. The van der Waals surface area contributed by atoms with E-state index in [-0.39, 0.29) is 17.9 Å². The van der Waals surface area contributed by atoms with E-state index in [1.807, 2.05) is 82.0 Å². The Bertz CT molecular complexity index is 1490. The SMILES string of the molecule is COc1ccc(CC(=O)N2CCN(C(=O)CCCCSc3nnc(-c4ccco4)n3-c3ccc(OC)cc3)CC2C)cc1. The zero-order chi connectivity index (χ0) is 30.2. The number of rotatable bonds is 12. The van der Waals surface area contributed by atoms with Crippen LogP contribution in [0.2, 0.25) is 0 Å². The third kappa shape index (κ3) is 7.40. The Kier molecular flexibility index (Phi) is 10.0. The Morgan fingerprint density at radius 1 is 0.930 bits per heavy atom. The van der Waals surface area contributed by atoms with Gasteiger partial charge in [0.05, 0.1) is 32.6 Å². The van der Waals surface area contributed by atoms with Gasteiger partial charge in [0.15, 0.2) is 10.9 Å².